The van der Waals surface area contributed by atoms with Crippen LogP contribution in [-0.4, -0.2) is 26.2 Å². The molecule has 1 fully saturated rings. The van der Waals surface area contributed by atoms with Crippen LogP contribution in [0.4, 0.5) is 0 Å². The van der Waals surface area contributed by atoms with Gasteiger partial charge in [-0.15, -0.1) is 0 Å². The molecule has 2 atom stereocenters. The molecule has 1 saturated heterocycles. The van der Waals surface area contributed by atoms with Crippen molar-refractivity contribution in [2.24, 2.45) is 5.73 Å². The van der Waals surface area contributed by atoms with E-state index in [-0.39, 0.29) is 6.04 Å². The summed E-state index contributed by atoms with van der Waals surface area (Å²) in [5.41, 5.74) is 7.41. The van der Waals surface area contributed by atoms with Gasteiger partial charge in [-0.25, -0.2) is 0 Å². The summed E-state index contributed by atoms with van der Waals surface area (Å²) in [5.74, 6) is 1.33. The van der Waals surface area contributed by atoms with Crippen molar-refractivity contribution >= 4 is 0 Å². The first-order valence-electron chi connectivity index (χ1n) is 5.41. The average Bonchev–Trinajstić information content (AvgIpc) is 2.30. The third-order valence-corrected chi connectivity index (χ3v) is 3.08. The van der Waals surface area contributed by atoms with Gasteiger partial charge in [0, 0.05) is 18.5 Å². The van der Waals surface area contributed by atoms with Crippen molar-refractivity contribution in [3.05, 3.63) is 29.8 Å². The molecule has 15 heavy (non-hydrogen) atoms. The molecule has 3 N–H and O–H groups in total. The average molecular weight is 206 g/mol. The van der Waals surface area contributed by atoms with Gasteiger partial charge < -0.3 is 15.8 Å². The van der Waals surface area contributed by atoms with Gasteiger partial charge in [0.2, 0.25) is 0 Å². The van der Waals surface area contributed by atoms with E-state index in [9.17, 15) is 0 Å². The van der Waals surface area contributed by atoms with Gasteiger partial charge in [0.15, 0.2) is 0 Å². The molecule has 0 unspecified atom stereocenters. The van der Waals surface area contributed by atoms with Crippen molar-refractivity contribution in [1.82, 2.24) is 5.32 Å². The first kappa shape index (κ1) is 10.5. The van der Waals surface area contributed by atoms with E-state index in [1.807, 2.05) is 12.1 Å². The molecule has 3 nitrogen and oxygen atoms in total. The van der Waals surface area contributed by atoms with Crippen LogP contribution in [0.15, 0.2) is 24.3 Å². The summed E-state index contributed by atoms with van der Waals surface area (Å²) in [6.45, 7) is 2.02. The Labute approximate surface area is 90.6 Å². The summed E-state index contributed by atoms with van der Waals surface area (Å²) < 4.78 is 5.14. The standard InChI is InChI=1S/C12H18N2O/c1-15-10-4-2-9(3-5-10)11-8-14-7-6-12(11)13/h2-5,11-12,14H,6-8,13H2,1H3/t11-,12-/m1/s1. The highest BCUT2D eigenvalue weighted by Crippen LogP contribution is 2.24. The molecular formula is C12H18N2O. The zero-order chi connectivity index (χ0) is 10.7. The van der Waals surface area contributed by atoms with Crippen LogP contribution in [0.2, 0.25) is 0 Å². The van der Waals surface area contributed by atoms with Crippen molar-refractivity contribution < 1.29 is 4.74 Å². The number of hydrogen-bond acceptors (Lipinski definition) is 3. The molecule has 0 bridgehead atoms. The van der Waals surface area contributed by atoms with Crippen LogP contribution in [0.25, 0.3) is 0 Å². The lowest BCUT2D eigenvalue weighted by Crippen LogP contribution is -2.43. The third kappa shape index (κ3) is 2.30. The predicted octanol–water partition coefficient (Wildman–Crippen LogP) is 1.10. The number of ether oxygens (including phenoxy) is 1. The SMILES string of the molecule is COc1ccc([C@H]2CNCC[C@H]2N)cc1. The second kappa shape index (κ2) is 4.64. The Hall–Kier alpha value is -1.06. The molecule has 1 aliphatic rings. The monoisotopic (exact) mass is 206 g/mol. The Morgan fingerprint density at radius 1 is 1.33 bits per heavy atom. The van der Waals surface area contributed by atoms with E-state index < -0.39 is 0 Å². The van der Waals surface area contributed by atoms with E-state index in [2.05, 4.69) is 17.4 Å². The van der Waals surface area contributed by atoms with E-state index in [1.54, 1.807) is 7.11 Å². The highest BCUT2D eigenvalue weighted by atomic mass is 16.5. The lowest BCUT2D eigenvalue weighted by molar-refractivity contribution is 0.400. The summed E-state index contributed by atoms with van der Waals surface area (Å²) in [7, 11) is 1.68. The summed E-state index contributed by atoms with van der Waals surface area (Å²) in [6, 6.07) is 8.49. The zero-order valence-corrected chi connectivity index (χ0v) is 9.07. The van der Waals surface area contributed by atoms with Crippen LogP contribution in [-0.2, 0) is 0 Å². The van der Waals surface area contributed by atoms with Gasteiger partial charge in [0.05, 0.1) is 7.11 Å². The number of nitrogens with two attached hydrogens (primary N) is 1. The normalized spacial score (nSPS) is 26.3. The van der Waals surface area contributed by atoms with Gasteiger partial charge in [-0.3, -0.25) is 0 Å². The van der Waals surface area contributed by atoms with Crippen molar-refractivity contribution in [1.29, 1.82) is 0 Å². The van der Waals surface area contributed by atoms with Crippen molar-refractivity contribution in [2.45, 2.75) is 18.4 Å². The third-order valence-electron chi connectivity index (χ3n) is 3.08. The van der Waals surface area contributed by atoms with E-state index >= 15 is 0 Å². The maximum absolute atomic E-state index is 6.11. The zero-order valence-electron chi connectivity index (χ0n) is 9.07. The van der Waals surface area contributed by atoms with E-state index in [0.717, 1.165) is 25.3 Å². The maximum atomic E-state index is 6.11. The topological polar surface area (TPSA) is 47.3 Å². The number of benzene rings is 1. The fraction of sp³-hybridized carbons (Fsp3) is 0.500. The van der Waals surface area contributed by atoms with Crippen LogP contribution in [0, 0.1) is 0 Å². The van der Waals surface area contributed by atoms with Gasteiger partial charge in [-0.2, -0.15) is 0 Å². The second-order valence-electron chi connectivity index (χ2n) is 4.04. The predicted molar refractivity (Wildman–Crippen MR) is 61.2 cm³/mol. The molecule has 1 aliphatic heterocycles. The molecule has 1 aromatic carbocycles. The molecule has 0 aromatic heterocycles. The van der Waals surface area contributed by atoms with Crippen LogP contribution < -0.4 is 15.8 Å². The van der Waals surface area contributed by atoms with Crippen molar-refractivity contribution in [3.8, 4) is 5.75 Å². The molecule has 0 amide bonds. The molecule has 1 heterocycles. The lowest BCUT2D eigenvalue weighted by atomic mass is 9.87. The van der Waals surface area contributed by atoms with E-state index in [0.29, 0.717) is 5.92 Å². The van der Waals surface area contributed by atoms with Gasteiger partial charge in [0.1, 0.15) is 5.75 Å². The number of hydrogen-bond donors (Lipinski definition) is 2. The molecule has 1 aromatic rings. The minimum atomic E-state index is 0.277. The van der Waals surface area contributed by atoms with E-state index in [1.165, 1.54) is 5.56 Å². The Bertz CT molecular complexity index is 310. The number of piperidine rings is 1. The summed E-state index contributed by atoms with van der Waals surface area (Å²) in [4.78, 5) is 0. The van der Waals surface area contributed by atoms with Crippen LogP contribution >= 0.6 is 0 Å². The summed E-state index contributed by atoms with van der Waals surface area (Å²) in [6.07, 6.45) is 1.05. The van der Waals surface area contributed by atoms with Gasteiger partial charge >= 0.3 is 0 Å². The largest absolute Gasteiger partial charge is 0.497 e. The fourth-order valence-corrected chi connectivity index (χ4v) is 2.10. The van der Waals surface area contributed by atoms with Crippen LogP contribution in [0.3, 0.4) is 0 Å². The number of nitrogens with one attached hydrogen (secondary N) is 1. The molecular weight excluding hydrogens is 188 g/mol. The smallest absolute Gasteiger partial charge is 0.118 e. The molecule has 0 spiro atoms. The first-order chi connectivity index (χ1) is 7.31. The van der Waals surface area contributed by atoms with Crippen molar-refractivity contribution in [2.75, 3.05) is 20.2 Å². The first-order valence-corrected chi connectivity index (χ1v) is 5.41. The second-order valence-corrected chi connectivity index (χ2v) is 4.04. The molecule has 2 rings (SSSR count). The summed E-state index contributed by atoms with van der Waals surface area (Å²) in [5, 5.41) is 3.38. The lowest BCUT2D eigenvalue weighted by Gasteiger charge is -2.29. The molecule has 0 saturated carbocycles. The Morgan fingerprint density at radius 2 is 2.07 bits per heavy atom. The summed E-state index contributed by atoms with van der Waals surface area (Å²) >= 11 is 0. The number of methoxy groups -OCH3 is 1. The maximum Gasteiger partial charge on any atom is 0.118 e. The Morgan fingerprint density at radius 3 is 2.67 bits per heavy atom. The molecule has 0 aliphatic carbocycles. The Balaban J connectivity index is 2.13. The minimum absolute atomic E-state index is 0.277. The quantitative estimate of drug-likeness (QED) is 0.761. The minimum Gasteiger partial charge on any atom is -0.497 e. The number of rotatable bonds is 2. The fourth-order valence-electron chi connectivity index (χ4n) is 2.10. The van der Waals surface area contributed by atoms with E-state index in [4.69, 9.17) is 10.5 Å². The van der Waals surface area contributed by atoms with Crippen LogP contribution in [0.5, 0.6) is 5.75 Å². The molecule has 3 heteroatoms. The van der Waals surface area contributed by atoms with Crippen molar-refractivity contribution in [3.63, 3.8) is 0 Å². The van der Waals surface area contributed by atoms with Gasteiger partial charge in [-0.1, -0.05) is 12.1 Å². The molecule has 82 valence electrons. The van der Waals surface area contributed by atoms with Gasteiger partial charge in [0.25, 0.3) is 0 Å². The van der Waals surface area contributed by atoms with Crippen LogP contribution in [0.1, 0.15) is 17.9 Å². The molecule has 0 radical (unpaired) electrons. The highest BCUT2D eigenvalue weighted by Gasteiger charge is 2.22. The Kier molecular flexibility index (Phi) is 3.23. The highest BCUT2D eigenvalue weighted by molar-refractivity contribution is 5.30. The van der Waals surface area contributed by atoms with Gasteiger partial charge in [-0.05, 0) is 30.7 Å².